The molecular weight excluding hydrogens is 579 g/mol. The summed E-state index contributed by atoms with van der Waals surface area (Å²) in [6.45, 7) is 0.433. The number of hydrogen-bond donors (Lipinski definition) is 1. The van der Waals surface area contributed by atoms with Crippen LogP contribution in [0.3, 0.4) is 0 Å². The van der Waals surface area contributed by atoms with Crippen LogP contribution in [0.25, 0.3) is 0 Å². The number of rotatable bonds is 10. The number of pyridine rings is 1. The van der Waals surface area contributed by atoms with Crippen LogP contribution >= 0.6 is 23.2 Å². The van der Waals surface area contributed by atoms with Gasteiger partial charge in [-0.1, -0.05) is 29.3 Å². The van der Waals surface area contributed by atoms with Crippen molar-refractivity contribution in [3.05, 3.63) is 52.3 Å². The standard InChI is InChI=1S/C27H28Cl2N4O6S/c1-38-10-11-39-18-3-4-22(20(28)12-18)40(36,37)19-13-21(24(34)32-26(16-30)6-7-26)33(15-19)25(35)27(8-9-27)17-2-5-23(29)31-14-17/h2-5,12,14,19,21H,6-11,13,15H2,1H3,(H,32,34)/t19-,21?/m1/s1. The number of aromatic nitrogens is 1. The highest BCUT2D eigenvalue weighted by molar-refractivity contribution is 7.92. The maximum atomic E-state index is 14.0. The van der Waals surface area contributed by atoms with E-state index in [-0.39, 0.29) is 40.6 Å². The van der Waals surface area contributed by atoms with Gasteiger partial charge in [-0.15, -0.1) is 0 Å². The first-order valence-corrected chi connectivity index (χ1v) is 15.2. The number of carbonyl (C=O) groups excluding carboxylic acids is 2. The molecule has 5 rings (SSSR count). The molecule has 2 aromatic rings. The molecule has 10 nitrogen and oxygen atoms in total. The Morgan fingerprint density at radius 1 is 1.18 bits per heavy atom. The molecule has 0 radical (unpaired) electrons. The third-order valence-electron chi connectivity index (χ3n) is 7.80. The number of benzene rings is 1. The zero-order valence-corrected chi connectivity index (χ0v) is 24.1. The van der Waals surface area contributed by atoms with Crippen LogP contribution in [0, 0.1) is 11.3 Å². The Labute approximate surface area is 242 Å². The molecule has 3 aliphatic rings. The molecule has 1 aromatic carbocycles. The normalized spacial score (nSPS) is 22.3. The van der Waals surface area contributed by atoms with Gasteiger partial charge in [0.1, 0.15) is 29.1 Å². The highest BCUT2D eigenvalue weighted by Crippen LogP contribution is 2.51. The molecule has 2 amide bonds. The van der Waals surface area contributed by atoms with E-state index in [1.807, 2.05) is 0 Å². The van der Waals surface area contributed by atoms with Gasteiger partial charge in [-0.25, -0.2) is 13.4 Å². The molecule has 1 N–H and O–H groups in total. The molecule has 1 aromatic heterocycles. The van der Waals surface area contributed by atoms with Gasteiger partial charge in [0.25, 0.3) is 0 Å². The first kappa shape index (κ1) is 28.6. The van der Waals surface area contributed by atoms with Crippen molar-refractivity contribution in [1.82, 2.24) is 15.2 Å². The fourth-order valence-electron chi connectivity index (χ4n) is 5.11. The van der Waals surface area contributed by atoms with Crippen molar-refractivity contribution in [2.24, 2.45) is 0 Å². The molecule has 2 saturated carbocycles. The maximum absolute atomic E-state index is 14.0. The summed E-state index contributed by atoms with van der Waals surface area (Å²) >= 11 is 12.3. The number of amides is 2. The minimum atomic E-state index is -4.05. The number of likely N-dealkylation sites (tertiary alicyclic amines) is 1. The van der Waals surface area contributed by atoms with Gasteiger partial charge >= 0.3 is 0 Å². The highest BCUT2D eigenvalue weighted by atomic mass is 35.5. The molecule has 40 heavy (non-hydrogen) atoms. The molecule has 212 valence electrons. The average Bonchev–Trinajstić information content (AvgIpc) is 3.85. The van der Waals surface area contributed by atoms with Crippen LogP contribution < -0.4 is 10.1 Å². The molecule has 13 heteroatoms. The predicted octanol–water partition coefficient (Wildman–Crippen LogP) is 3.06. The van der Waals surface area contributed by atoms with E-state index in [0.29, 0.717) is 43.6 Å². The largest absolute Gasteiger partial charge is 0.491 e. The summed E-state index contributed by atoms with van der Waals surface area (Å²) in [5, 5.41) is 11.4. The molecule has 2 atom stereocenters. The van der Waals surface area contributed by atoms with Crippen molar-refractivity contribution in [2.75, 3.05) is 26.9 Å². The zero-order valence-electron chi connectivity index (χ0n) is 21.7. The lowest BCUT2D eigenvalue weighted by atomic mass is 9.95. The minimum absolute atomic E-state index is 0.0204. The molecule has 3 fully saturated rings. The fraction of sp³-hybridized carbons (Fsp3) is 0.481. The lowest BCUT2D eigenvalue weighted by Gasteiger charge is -2.29. The van der Waals surface area contributed by atoms with Crippen LogP contribution in [0.1, 0.15) is 37.7 Å². The zero-order chi connectivity index (χ0) is 28.7. The van der Waals surface area contributed by atoms with Crippen LogP contribution in [-0.4, -0.2) is 73.8 Å². The second kappa shape index (κ2) is 10.8. The van der Waals surface area contributed by atoms with Crippen molar-refractivity contribution >= 4 is 44.9 Å². The van der Waals surface area contributed by atoms with Crippen molar-refractivity contribution in [3.63, 3.8) is 0 Å². The Balaban J connectivity index is 1.43. The van der Waals surface area contributed by atoms with Crippen molar-refractivity contribution in [3.8, 4) is 11.8 Å². The van der Waals surface area contributed by atoms with Crippen molar-refractivity contribution in [1.29, 1.82) is 5.26 Å². The molecule has 0 bridgehead atoms. The second-order valence-electron chi connectivity index (χ2n) is 10.4. The van der Waals surface area contributed by atoms with E-state index in [1.165, 1.54) is 36.4 Å². The molecule has 2 heterocycles. The average molecular weight is 608 g/mol. The summed E-state index contributed by atoms with van der Waals surface area (Å²) in [4.78, 5) is 32.8. The molecule has 2 aliphatic carbocycles. The molecular formula is C27H28Cl2N4O6S. The monoisotopic (exact) mass is 606 g/mol. The quantitative estimate of drug-likeness (QED) is 0.321. The Kier molecular flexibility index (Phi) is 7.74. The first-order chi connectivity index (χ1) is 19.0. The van der Waals surface area contributed by atoms with Gasteiger partial charge in [0, 0.05) is 25.9 Å². The van der Waals surface area contributed by atoms with Crippen molar-refractivity contribution < 1.29 is 27.5 Å². The van der Waals surface area contributed by atoms with E-state index in [2.05, 4.69) is 16.4 Å². The van der Waals surface area contributed by atoms with E-state index in [4.69, 9.17) is 32.7 Å². The number of sulfone groups is 1. The van der Waals surface area contributed by atoms with E-state index >= 15 is 0 Å². The third kappa shape index (κ3) is 5.38. The molecule has 1 saturated heterocycles. The summed E-state index contributed by atoms with van der Waals surface area (Å²) in [5.74, 6) is -0.493. The van der Waals surface area contributed by atoms with E-state index in [1.54, 1.807) is 12.1 Å². The smallest absolute Gasteiger partial charge is 0.244 e. The Hall–Kier alpha value is -2.91. The number of hydrogen-bond acceptors (Lipinski definition) is 8. The van der Waals surface area contributed by atoms with Gasteiger partial charge in [-0.3, -0.25) is 9.59 Å². The number of methoxy groups -OCH3 is 1. The number of nitrogens with zero attached hydrogens (tertiary/aromatic N) is 3. The summed E-state index contributed by atoms with van der Waals surface area (Å²) in [5.41, 5.74) is -1.21. The molecule has 1 aliphatic heterocycles. The number of ether oxygens (including phenoxy) is 2. The van der Waals surface area contributed by atoms with E-state index in [9.17, 15) is 23.3 Å². The van der Waals surface area contributed by atoms with Crippen LogP contribution in [-0.2, 0) is 29.6 Å². The molecule has 1 unspecified atom stereocenters. The summed E-state index contributed by atoms with van der Waals surface area (Å²) in [6.07, 6.45) is 3.50. The predicted molar refractivity (Wildman–Crippen MR) is 146 cm³/mol. The minimum Gasteiger partial charge on any atom is -0.491 e. The van der Waals surface area contributed by atoms with Crippen LogP contribution in [0.4, 0.5) is 0 Å². The summed E-state index contributed by atoms with van der Waals surface area (Å²) in [6, 6.07) is 8.67. The van der Waals surface area contributed by atoms with Gasteiger partial charge in [-0.2, -0.15) is 5.26 Å². The topological polar surface area (TPSA) is 139 Å². The first-order valence-electron chi connectivity index (χ1n) is 12.9. The van der Waals surface area contributed by atoms with Gasteiger partial charge in [0.05, 0.1) is 33.3 Å². The Bertz CT molecular complexity index is 1470. The highest BCUT2D eigenvalue weighted by Gasteiger charge is 2.58. The lowest BCUT2D eigenvalue weighted by Crippen LogP contribution is -2.51. The fourth-order valence-corrected chi connectivity index (χ4v) is 7.46. The number of carbonyl (C=O) groups is 2. The van der Waals surface area contributed by atoms with Gasteiger partial charge < -0.3 is 19.7 Å². The number of nitrogens with one attached hydrogen (secondary N) is 1. The van der Waals surface area contributed by atoms with Gasteiger partial charge in [-0.05, 0) is 55.9 Å². The van der Waals surface area contributed by atoms with Crippen molar-refractivity contribution in [2.45, 2.75) is 59.2 Å². The van der Waals surface area contributed by atoms with Gasteiger partial charge in [0.2, 0.25) is 11.8 Å². The second-order valence-corrected chi connectivity index (χ2v) is 13.4. The summed E-state index contributed by atoms with van der Waals surface area (Å²) in [7, 11) is -2.51. The Morgan fingerprint density at radius 3 is 2.50 bits per heavy atom. The maximum Gasteiger partial charge on any atom is 0.244 e. The van der Waals surface area contributed by atoms with E-state index in [0.717, 1.165) is 0 Å². The number of nitriles is 1. The molecule has 0 spiro atoms. The van der Waals surface area contributed by atoms with Crippen LogP contribution in [0.15, 0.2) is 41.4 Å². The third-order valence-corrected chi connectivity index (χ3v) is 10.6. The number of halogens is 2. The van der Waals surface area contributed by atoms with Crippen LogP contribution in [0.5, 0.6) is 5.75 Å². The Morgan fingerprint density at radius 2 is 1.93 bits per heavy atom. The van der Waals surface area contributed by atoms with Gasteiger partial charge in [0.15, 0.2) is 9.84 Å². The SMILES string of the molecule is COCCOc1ccc(S(=O)(=O)[C@@H]2CC(C(=O)NC3(C#N)CC3)N(C(=O)C3(c4ccc(Cl)nc4)CC3)C2)c(Cl)c1. The van der Waals surface area contributed by atoms with E-state index < -0.39 is 38.0 Å². The summed E-state index contributed by atoms with van der Waals surface area (Å²) < 4.78 is 38.1. The lowest BCUT2D eigenvalue weighted by molar-refractivity contribution is -0.140. The van der Waals surface area contributed by atoms with Crippen LogP contribution in [0.2, 0.25) is 10.2 Å².